The number of anilines is 2. The Morgan fingerprint density at radius 2 is 1.71 bits per heavy atom. The number of ether oxygens (including phenoxy) is 2. The highest BCUT2D eigenvalue weighted by atomic mass is 32.2. The molecule has 1 aliphatic rings. The van der Waals surface area contributed by atoms with Crippen LogP contribution in [0.5, 0.6) is 11.5 Å². The summed E-state index contributed by atoms with van der Waals surface area (Å²) in [6.07, 6.45) is 5.06. The van der Waals surface area contributed by atoms with E-state index in [1.807, 2.05) is 0 Å². The predicted molar refractivity (Wildman–Crippen MR) is 126 cm³/mol. The lowest BCUT2D eigenvalue weighted by Crippen LogP contribution is -2.14. The third kappa shape index (κ3) is 5.06. The van der Waals surface area contributed by atoms with Crippen LogP contribution in [-0.2, 0) is 10.0 Å². The summed E-state index contributed by atoms with van der Waals surface area (Å²) in [7, 11) is -3.85. The molecule has 3 heterocycles. The van der Waals surface area contributed by atoms with Crippen LogP contribution in [-0.4, -0.2) is 47.3 Å². The lowest BCUT2D eigenvalue weighted by molar-refractivity contribution is 0.102. The van der Waals surface area contributed by atoms with Crippen LogP contribution in [0.4, 0.5) is 11.4 Å². The van der Waals surface area contributed by atoms with Gasteiger partial charge in [-0.15, -0.1) is 0 Å². The number of hydrogen-bond acceptors (Lipinski definition) is 8. The van der Waals surface area contributed by atoms with Crippen LogP contribution in [0.1, 0.15) is 16.8 Å². The summed E-state index contributed by atoms with van der Waals surface area (Å²) in [5.74, 6) is 1.09. The van der Waals surface area contributed by atoms with Crippen molar-refractivity contribution in [1.29, 1.82) is 0 Å². The summed E-state index contributed by atoms with van der Waals surface area (Å²) in [5.41, 5.74) is 1.19. The molecule has 2 aromatic carbocycles. The Labute approximate surface area is 200 Å². The van der Waals surface area contributed by atoms with E-state index < -0.39 is 10.0 Å². The minimum Gasteiger partial charge on any atom is -0.490 e. The first-order valence-electron chi connectivity index (χ1n) is 10.6. The van der Waals surface area contributed by atoms with Crippen molar-refractivity contribution in [2.45, 2.75) is 11.3 Å². The zero-order chi connectivity index (χ0) is 24.3. The summed E-state index contributed by atoms with van der Waals surface area (Å²) >= 11 is 0. The van der Waals surface area contributed by atoms with E-state index in [0.29, 0.717) is 47.5 Å². The molecule has 5 rings (SSSR count). The Hall–Kier alpha value is -4.45. The van der Waals surface area contributed by atoms with Gasteiger partial charge in [-0.1, -0.05) is 0 Å². The second-order valence-corrected chi connectivity index (χ2v) is 9.22. The van der Waals surface area contributed by atoms with Gasteiger partial charge in [-0.2, -0.15) is 5.10 Å². The van der Waals surface area contributed by atoms with Crippen molar-refractivity contribution >= 4 is 27.3 Å². The summed E-state index contributed by atoms with van der Waals surface area (Å²) in [6.45, 7) is 0.976. The van der Waals surface area contributed by atoms with Crippen molar-refractivity contribution in [2.24, 2.45) is 0 Å². The van der Waals surface area contributed by atoms with Crippen molar-refractivity contribution in [1.82, 2.24) is 19.7 Å². The molecule has 0 saturated heterocycles. The molecule has 2 N–H and O–H groups in total. The van der Waals surface area contributed by atoms with Gasteiger partial charge >= 0.3 is 0 Å². The minimum atomic E-state index is -3.85. The lowest BCUT2D eigenvalue weighted by Gasteiger charge is -2.12. The lowest BCUT2D eigenvalue weighted by atomic mass is 10.2. The monoisotopic (exact) mass is 492 g/mol. The van der Waals surface area contributed by atoms with E-state index in [4.69, 9.17) is 9.47 Å². The smallest absolute Gasteiger partial charge is 0.262 e. The average molecular weight is 493 g/mol. The fourth-order valence-corrected chi connectivity index (χ4v) is 4.41. The minimum absolute atomic E-state index is 0.0565. The number of fused-ring (bicyclic) bond motifs is 1. The Bertz CT molecular complexity index is 1440. The van der Waals surface area contributed by atoms with Crippen LogP contribution in [0, 0.1) is 0 Å². The van der Waals surface area contributed by atoms with Crippen LogP contribution >= 0.6 is 0 Å². The second-order valence-electron chi connectivity index (χ2n) is 7.54. The largest absolute Gasteiger partial charge is 0.490 e. The molecular weight excluding hydrogens is 472 g/mol. The number of aromatic nitrogens is 4. The molecule has 0 unspecified atom stereocenters. The molecule has 35 heavy (non-hydrogen) atoms. The summed E-state index contributed by atoms with van der Waals surface area (Å²) in [5, 5.41) is 6.74. The second kappa shape index (κ2) is 9.43. The molecule has 1 aliphatic heterocycles. The Morgan fingerprint density at radius 3 is 2.43 bits per heavy atom. The highest BCUT2D eigenvalue weighted by Gasteiger charge is 2.19. The van der Waals surface area contributed by atoms with Gasteiger partial charge in [-0.3, -0.25) is 9.52 Å². The summed E-state index contributed by atoms with van der Waals surface area (Å²) < 4.78 is 40.8. The van der Waals surface area contributed by atoms with E-state index in [-0.39, 0.29) is 10.8 Å². The van der Waals surface area contributed by atoms with Gasteiger partial charge in [0.2, 0.25) is 0 Å². The van der Waals surface area contributed by atoms with Crippen LogP contribution in [0.25, 0.3) is 5.82 Å². The maximum absolute atomic E-state index is 12.8. The first kappa shape index (κ1) is 22.3. The number of nitrogens with zero attached hydrogens (tertiary/aromatic N) is 4. The Kier molecular flexibility index (Phi) is 6.02. The number of hydrogen-bond donors (Lipinski definition) is 2. The van der Waals surface area contributed by atoms with Crippen LogP contribution in [0.3, 0.4) is 0 Å². The van der Waals surface area contributed by atoms with Crippen molar-refractivity contribution < 1.29 is 22.7 Å². The molecule has 0 spiro atoms. The first-order chi connectivity index (χ1) is 17.0. The van der Waals surface area contributed by atoms with Crippen LogP contribution in [0.2, 0.25) is 0 Å². The predicted octanol–water partition coefficient (Wildman–Crippen LogP) is 2.88. The zero-order valence-electron chi connectivity index (χ0n) is 18.3. The molecule has 0 bridgehead atoms. The number of amides is 1. The van der Waals surface area contributed by atoms with Gasteiger partial charge in [-0.25, -0.2) is 23.1 Å². The number of nitrogens with one attached hydrogen (secondary N) is 2. The van der Waals surface area contributed by atoms with E-state index in [1.54, 1.807) is 42.5 Å². The summed E-state index contributed by atoms with van der Waals surface area (Å²) in [4.78, 5) is 20.7. The standard InChI is InChI=1S/C23H20N6O5S/c30-23(16-2-9-22(25-13-16)29-15-24-14-26-29)27-17-3-5-18(6-4-17)28-35(31,32)19-7-8-20-21(12-19)34-11-1-10-33-20/h2-9,12-15,28H,1,10-11H2,(H,27,30). The van der Waals surface area contributed by atoms with Gasteiger partial charge < -0.3 is 14.8 Å². The number of sulfonamides is 1. The van der Waals surface area contributed by atoms with Gasteiger partial charge in [0, 0.05) is 30.1 Å². The topological polar surface area (TPSA) is 137 Å². The quantitative estimate of drug-likeness (QED) is 0.419. The number of rotatable bonds is 6. The molecule has 0 saturated carbocycles. The van der Waals surface area contributed by atoms with Gasteiger partial charge in [-0.05, 0) is 48.5 Å². The Morgan fingerprint density at radius 1 is 0.943 bits per heavy atom. The normalized spacial score (nSPS) is 13.0. The van der Waals surface area contributed by atoms with E-state index in [1.165, 1.54) is 35.7 Å². The van der Waals surface area contributed by atoms with Gasteiger partial charge in [0.1, 0.15) is 12.7 Å². The highest BCUT2D eigenvalue weighted by molar-refractivity contribution is 7.92. The maximum Gasteiger partial charge on any atom is 0.262 e. The van der Waals surface area contributed by atoms with Crippen molar-refractivity contribution in [3.8, 4) is 17.3 Å². The molecule has 12 heteroatoms. The molecule has 4 aromatic rings. The van der Waals surface area contributed by atoms with Gasteiger partial charge in [0.15, 0.2) is 17.3 Å². The van der Waals surface area contributed by atoms with Gasteiger partial charge in [0.05, 0.1) is 23.7 Å². The molecule has 0 atom stereocenters. The zero-order valence-corrected chi connectivity index (χ0v) is 19.1. The molecule has 0 fully saturated rings. The van der Waals surface area contributed by atoms with Crippen LogP contribution in [0.15, 0.2) is 78.3 Å². The fraction of sp³-hybridized carbons (Fsp3) is 0.130. The Balaban J connectivity index is 1.24. The molecule has 1 amide bonds. The maximum atomic E-state index is 12.8. The third-order valence-corrected chi connectivity index (χ3v) is 6.47. The molecule has 0 aliphatic carbocycles. The first-order valence-corrected chi connectivity index (χ1v) is 12.1. The number of benzene rings is 2. The average Bonchev–Trinajstić information content (AvgIpc) is 3.30. The molecule has 0 radical (unpaired) electrons. The van der Waals surface area contributed by atoms with Crippen molar-refractivity contribution in [3.05, 3.63) is 79.0 Å². The van der Waals surface area contributed by atoms with Gasteiger partial charge in [0.25, 0.3) is 15.9 Å². The fourth-order valence-electron chi connectivity index (χ4n) is 3.33. The third-order valence-electron chi connectivity index (χ3n) is 5.09. The van der Waals surface area contributed by atoms with Crippen LogP contribution < -0.4 is 19.5 Å². The molecular formula is C23H20N6O5S. The highest BCUT2D eigenvalue weighted by Crippen LogP contribution is 2.32. The molecule has 2 aromatic heterocycles. The number of carbonyl (C=O) groups excluding carboxylic acids is 1. The number of carbonyl (C=O) groups is 1. The molecule has 178 valence electrons. The number of pyridine rings is 1. The van der Waals surface area contributed by atoms with E-state index in [9.17, 15) is 13.2 Å². The van der Waals surface area contributed by atoms with E-state index in [2.05, 4.69) is 25.1 Å². The van der Waals surface area contributed by atoms with E-state index >= 15 is 0 Å². The molecule has 11 nitrogen and oxygen atoms in total. The van der Waals surface area contributed by atoms with E-state index in [0.717, 1.165) is 6.42 Å². The van der Waals surface area contributed by atoms with Crippen molar-refractivity contribution in [2.75, 3.05) is 23.3 Å². The SMILES string of the molecule is O=C(Nc1ccc(NS(=O)(=O)c2ccc3c(c2)OCCCO3)cc1)c1ccc(-n2cncn2)nc1. The summed E-state index contributed by atoms with van der Waals surface area (Å²) in [6, 6.07) is 14.1. The van der Waals surface area contributed by atoms with Crippen molar-refractivity contribution in [3.63, 3.8) is 0 Å².